The molecule has 7 nitrogen and oxygen atoms in total. The molecule has 0 aliphatic rings. The van der Waals surface area contributed by atoms with Crippen molar-refractivity contribution in [2.45, 2.75) is 0 Å². The number of methoxy groups -OCH3 is 1. The average Bonchev–Trinajstić information content (AvgIpc) is 2.99. The summed E-state index contributed by atoms with van der Waals surface area (Å²) in [6.07, 6.45) is 0. The van der Waals surface area contributed by atoms with E-state index in [0.717, 1.165) is 0 Å². The first kappa shape index (κ1) is 13.3. The van der Waals surface area contributed by atoms with Crippen molar-refractivity contribution in [2.75, 3.05) is 7.11 Å². The number of nitrogens with one attached hydrogen (secondary N) is 1. The predicted molar refractivity (Wildman–Crippen MR) is 84.8 cm³/mol. The Morgan fingerprint density at radius 1 is 1.17 bits per heavy atom. The highest BCUT2D eigenvalue weighted by Crippen LogP contribution is 2.31. The number of phenolic OH excluding ortho intramolecular Hbond substituents is 1. The van der Waals surface area contributed by atoms with Crippen molar-refractivity contribution in [1.82, 2.24) is 19.6 Å². The fourth-order valence-corrected chi connectivity index (χ4v) is 2.64. The Morgan fingerprint density at radius 3 is 2.78 bits per heavy atom. The van der Waals surface area contributed by atoms with Crippen LogP contribution in [0.2, 0.25) is 0 Å². The minimum Gasteiger partial charge on any atom is -0.504 e. The molecule has 0 amide bonds. The predicted octanol–water partition coefficient (Wildman–Crippen LogP) is 1.95. The number of H-pyrrole nitrogens is 1. The molecule has 7 heteroatoms. The van der Waals surface area contributed by atoms with E-state index in [2.05, 4.69) is 15.2 Å². The monoisotopic (exact) mass is 308 g/mol. The SMILES string of the molecule is COc1ccc(-c2nnc3[nH]c(=O)c4ccccc4n23)cc1O. The van der Waals surface area contributed by atoms with E-state index in [-0.39, 0.29) is 11.3 Å². The molecule has 0 saturated heterocycles. The molecule has 0 saturated carbocycles. The Bertz CT molecular complexity index is 1100. The molecule has 23 heavy (non-hydrogen) atoms. The maximum Gasteiger partial charge on any atom is 0.260 e. The first-order valence-corrected chi connectivity index (χ1v) is 6.92. The van der Waals surface area contributed by atoms with Gasteiger partial charge < -0.3 is 9.84 Å². The second-order valence-electron chi connectivity index (χ2n) is 5.04. The molecule has 0 unspecified atom stereocenters. The number of hydrogen-bond donors (Lipinski definition) is 2. The number of benzene rings is 2. The van der Waals surface area contributed by atoms with Gasteiger partial charge in [-0.2, -0.15) is 0 Å². The van der Waals surface area contributed by atoms with E-state index in [1.54, 1.807) is 34.7 Å². The number of fused-ring (bicyclic) bond motifs is 3. The molecule has 0 fully saturated rings. The van der Waals surface area contributed by atoms with Crippen LogP contribution in [0.1, 0.15) is 0 Å². The largest absolute Gasteiger partial charge is 0.504 e. The van der Waals surface area contributed by atoms with Gasteiger partial charge in [0.25, 0.3) is 5.56 Å². The van der Waals surface area contributed by atoms with E-state index in [0.29, 0.717) is 33.8 Å². The van der Waals surface area contributed by atoms with Crippen LogP contribution in [0.25, 0.3) is 28.1 Å². The number of aromatic nitrogens is 4. The van der Waals surface area contributed by atoms with Gasteiger partial charge in [-0.15, -0.1) is 10.2 Å². The topological polar surface area (TPSA) is 92.5 Å². The average molecular weight is 308 g/mol. The standard InChI is InChI=1S/C16H12N4O3/c1-23-13-7-6-9(8-12(13)21)14-18-19-16-17-15(22)10-4-2-3-5-11(10)20(14)16/h2-8,21H,1H3,(H,17,19,22). The van der Waals surface area contributed by atoms with Crippen molar-refractivity contribution in [3.63, 3.8) is 0 Å². The van der Waals surface area contributed by atoms with Crippen LogP contribution < -0.4 is 10.3 Å². The van der Waals surface area contributed by atoms with Crippen molar-refractivity contribution >= 4 is 16.7 Å². The summed E-state index contributed by atoms with van der Waals surface area (Å²) in [7, 11) is 1.49. The molecule has 0 spiro atoms. The quantitative estimate of drug-likeness (QED) is 0.590. The third-order valence-electron chi connectivity index (χ3n) is 3.72. The Balaban J connectivity index is 2.07. The maximum atomic E-state index is 12.1. The summed E-state index contributed by atoms with van der Waals surface area (Å²) < 4.78 is 6.80. The molecule has 0 bridgehead atoms. The highest BCUT2D eigenvalue weighted by molar-refractivity contribution is 5.82. The van der Waals surface area contributed by atoms with E-state index in [1.807, 2.05) is 12.1 Å². The molecule has 114 valence electrons. The van der Waals surface area contributed by atoms with E-state index in [4.69, 9.17) is 4.74 Å². The number of para-hydroxylation sites is 1. The highest BCUT2D eigenvalue weighted by atomic mass is 16.5. The Hall–Kier alpha value is -3.35. The summed E-state index contributed by atoms with van der Waals surface area (Å²) in [5.41, 5.74) is 1.14. The van der Waals surface area contributed by atoms with Crippen molar-refractivity contribution in [2.24, 2.45) is 0 Å². The van der Waals surface area contributed by atoms with Crippen LogP contribution in [0.3, 0.4) is 0 Å². The minimum atomic E-state index is -0.218. The Labute approximate surface area is 129 Å². The number of aromatic amines is 1. The first-order valence-electron chi connectivity index (χ1n) is 6.92. The van der Waals surface area contributed by atoms with E-state index < -0.39 is 0 Å². The molecule has 4 rings (SSSR count). The van der Waals surface area contributed by atoms with Gasteiger partial charge in [-0.3, -0.25) is 14.2 Å². The molecular weight excluding hydrogens is 296 g/mol. The Morgan fingerprint density at radius 2 is 2.00 bits per heavy atom. The third kappa shape index (κ3) is 1.94. The zero-order valence-electron chi connectivity index (χ0n) is 12.1. The summed E-state index contributed by atoms with van der Waals surface area (Å²) in [6, 6.07) is 12.2. The van der Waals surface area contributed by atoms with Gasteiger partial charge in [-0.1, -0.05) is 12.1 Å². The number of nitrogens with zero attached hydrogens (tertiary/aromatic N) is 3. The number of phenols is 1. The van der Waals surface area contributed by atoms with Gasteiger partial charge in [0.05, 0.1) is 18.0 Å². The van der Waals surface area contributed by atoms with Crippen molar-refractivity contribution in [3.05, 3.63) is 52.8 Å². The van der Waals surface area contributed by atoms with Crippen LogP contribution in [-0.2, 0) is 0 Å². The lowest BCUT2D eigenvalue weighted by Gasteiger charge is -2.07. The molecule has 2 N–H and O–H groups in total. The molecule has 2 aromatic heterocycles. The molecule has 0 radical (unpaired) electrons. The summed E-state index contributed by atoms with van der Waals surface area (Å²) >= 11 is 0. The van der Waals surface area contributed by atoms with Crippen LogP contribution in [0.5, 0.6) is 11.5 Å². The zero-order chi connectivity index (χ0) is 16.0. The van der Waals surface area contributed by atoms with Crippen molar-refractivity contribution < 1.29 is 9.84 Å². The summed E-state index contributed by atoms with van der Waals surface area (Å²) in [4.78, 5) is 14.8. The molecule has 4 aromatic rings. The molecular formula is C16H12N4O3. The Kier molecular flexibility index (Phi) is 2.80. The first-order chi connectivity index (χ1) is 11.2. The van der Waals surface area contributed by atoms with E-state index >= 15 is 0 Å². The second kappa shape index (κ2) is 4.84. The van der Waals surface area contributed by atoms with Gasteiger partial charge in [-0.25, -0.2) is 0 Å². The molecule has 2 aromatic carbocycles. The number of rotatable bonds is 2. The molecule has 0 aliphatic heterocycles. The molecule has 0 aliphatic carbocycles. The third-order valence-corrected chi connectivity index (χ3v) is 3.72. The lowest BCUT2D eigenvalue weighted by atomic mass is 10.2. The van der Waals surface area contributed by atoms with Gasteiger partial charge in [0.15, 0.2) is 17.3 Å². The number of hydrogen-bond acceptors (Lipinski definition) is 5. The zero-order valence-corrected chi connectivity index (χ0v) is 12.1. The van der Waals surface area contributed by atoms with Crippen LogP contribution in [0.4, 0.5) is 0 Å². The van der Waals surface area contributed by atoms with E-state index in [9.17, 15) is 9.90 Å². The maximum absolute atomic E-state index is 12.1. The smallest absolute Gasteiger partial charge is 0.260 e. The summed E-state index contributed by atoms with van der Waals surface area (Å²) in [5.74, 6) is 1.25. The minimum absolute atomic E-state index is 0.00970. The molecule has 2 heterocycles. The van der Waals surface area contributed by atoms with Crippen molar-refractivity contribution in [3.8, 4) is 22.9 Å². The van der Waals surface area contributed by atoms with Crippen molar-refractivity contribution in [1.29, 1.82) is 0 Å². The number of aromatic hydroxyl groups is 1. The van der Waals surface area contributed by atoms with E-state index in [1.165, 1.54) is 7.11 Å². The molecule has 0 atom stereocenters. The van der Waals surface area contributed by atoms with Gasteiger partial charge in [0.2, 0.25) is 5.78 Å². The fraction of sp³-hybridized carbons (Fsp3) is 0.0625. The second-order valence-corrected chi connectivity index (χ2v) is 5.04. The normalized spacial score (nSPS) is 11.2. The van der Waals surface area contributed by atoms with Crippen LogP contribution in [0, 0.1) is 0 Å². The summed E-state index contributed by atoms with van der Waals surface area (Å²) in [5, 5.41) is 18.7. The van der Waals surface area contributed by atoms with Gasteiger partial charge in [-0.05, 0) is 30.3 Å². The number of ether oxygens (including phenoxy) is 1. The summed E-state index contributed by atoms with van der Waals surface area (Å²) in [6.45, 7) is 0. The fourth-order valence-electron chi connectivity index (χ4n) is 2.64. The van der Waals surface area contributed by atoms with Crippen LogP contribution >= 0.6 is 0 Å². The van der Waals surface area contributed by atoms with Gasteiger partial charge in [0.1, 0.15) is 0 Å². The van der Waals surface area contributed by atoms with Crippen LogP contribution in [0.15, 0.2) is 47.3 Å². The lowest BCUT2D eigenvalue weighted by Crippen LogP contribution is -2.10. The van der Waals surface area contributed by atoms with Gasteiger partial charge in [0, 0.05) is 5.56 Å². The van der Waals surface area contributed by atoms with Gasteiger partial charge >= 0.3 is 0 Å². The highest BCUT2D eigenvalue weighted by Gasteiger charge is 2.14. The van der Waals surface area contributed by atoms with Crippen LogP contribution in [-0.4, -0.2) is 31.8 Å². The lowest BCUT2D eigenvalue weighted by molar-refractivity contribution is 0.373.